The zero-order chi connectivity index (χ0) is 15.7. The van der Waals surface area contributed by atoms with E-state index in [2.05, 4.69) is 4.90 Å². The molecule has 3 rings (SSSR count). The fraction of sp³-hybridized carbons (Fsp3) is 0.562. The van der Waals surface area contributed by atoms with Crippen LogP contribution in [0.25, 0.3) is 0 Å². The van der Waals surface area contributed by atoms with E-state index < -0.39 is 5.60 Å². The van der Waals surface area contributed by atoms with Crippen molar-refractivity contribution in [3.63, 3.8) is 0 Å². The molecule has 1 aromatic carbocycles. The molecule has 1 fully saturated rings. The molecule has 2 aliphatic rings. The van der Waals surface area contributed by atoms with E-state index in [4.69, 9.17) is 9.47 Å². The number of aliphatic hydroxyl groups is 1. The molecule has 6 heteroatoms. The standard InChI is InChI=1S/C16H22N2O4/c1-16(2,20)10-17-6-8-18(9-7-17)15(19)12-4-3-5-13-14(12)22-11-21-13/h3-5,20H,6-11H2,1-2H3. The second-order valence-electron chi connectivity index (χ2n) is 6.42. The van der Waals surface area contributed by atoms with E-state index in [0.29, 0.717) is 36.7 Å². The Bertz CT molecular complexity index is 560. The lowest BCUT2D eigenvalue weighted by atomic mass is 10.1. The van der Waals surface area contributed by atoms with Gasteiger partial charge in [-0.05, 0) is 26.0 Å². The molecule has 0 atom stereocenters. The van der Waals surface area contributed by atoms with Crippen molar-refractivity contribution in [2.75, 3.05) is 39.5 Å². The first-order valence-electron chi connectivity index (χ1n) is 7.57. The third kappa shape index (κ3) is 3.18. The molecule has 0 aliphatic carbocycles. The summed E-state index contributed by atoms with van der Waals surface area (Å²) in [6.45, 7) is 7.22. The lowest BCUT2D eigenvalue weighted by molar-refractivity contribution is 0.0178. The van der Waals surface area contributed by atoms with E-state index in [1.165, 1.54) is 0 Å². The van der Waals surface area contributed by atoms with Gasteiger partial charge in [0.05, 0.1) is 11.2 Å². The molecular weight excluding hydrogens is 284 g/mol. The number of nitrogens with zero attached hydrogens (tertiary/aromatic N) is 2. The van der Waals surface area contributed by atoms with Crippen LogP contribution in [0.1, 0.15) is 24.2 Å². The summed E-state index contributed by atoms with van der Waals surface area (Å²) in [7, 11) is 0. The normalized spacial score (nSPS) is 18.6. The smallest absolute Gasteiger partial charge is 0.257 e. The number of piperazine rings is 1. The maximum absolute atomic E-state index is 12.7. The monoisotopic (exact) mass is 306 g/mol. The number of β-amino-alcohol motifs (C(OH)–C–C–N with tert-alkyl or cyclic N) is 1. The van der Waals surface area contributed by atoms with Crippen LogP contribution in [0.2, 0.25) is 0 Å². The highest BCUT2D eigenvalue weighted by atomic mass is 16.7. The largest absolute Gasteiger partial charge is 0.454 e. The van der Waals surface area contributed by atoms with Gasteiger partial charge in [-0.3, -0.25) is 9.69 Å². The molecule has 22 heavy (non-hydrogen) atoms. The first-order chi connectivity index (χ1) is 10.4. The van der Waals surface area contributed by atoms with Gasteiger partial charge in [0, 0.05) is 32.7 Å². The number of hydrogen-bond donors (Lipinski definition) is 1. The van der Waals surface area contributed by atoms with Gasteiger partial charge in [0.1, 0.15) is 0 Å². The van der Waals surface area contributed by atoms with Crippen LogP contribution in [-0.4, -0.2) is 65.9 Å². The van der Waals surface area contributed by atoms with Crippen LogP contribution in [0.4, 0.5) is 0 Å². The highest BCUT2D eigenvalue weighted by Crippen LogP contribution is 2.36. The van der Waals surface area contributed by atoms with Crippen molar-refractivity contribution in [3.05, 3.63) is 23.8 Å². The van der Waals surface area contributed by atoms with Crippen LogP contribution in [0.3, 0.4) is 0 Å². The van der Waals surface area contributed by atoms with Crippen LogP contribution in [0, 0.1) is 0 Å². The SMILES string of the molecule is CC(C)(O)CN1CCN(C(=O)c2cccc3c2OCO3)CC1. The molecule has 0 bridgehead atoms. The zero-order valence-electron chi connectivity index (χ0n) is 13.0. The fourth-order valence-electron chi connectivity index (χ4n) is 2.93. The predicted octanol–water partition coefficient (Wildman–Crippen LogP) is 0.944. The summed E-state index contributed by atoms with van der Waals surface area (Å²) in [6, 6.07) is 5.39. The number of amides is 1. The summed E-state index contributed by atoms with van der Waals surface area (Å²) in [6.07, 6.45) is 0. The van der Waals surface area contributed by atoms with Crippen molar-refractivity contribution in [2.45, 2.75) is 19.4 Å². The molecule has 1 N–H and O–H groups in total. The summed E-state index contributed by atoms with van der Waals surface area (Å²) in [4.78, 5) is 16.7. The third-order valence-corrected chi connectivity index (χ3v) is 3.90. The van der Waals surface area contributed by atoms with Gasteiger partial charge in [0.25, 0.3) is 5.91 Å². The Balaban J connectivity index is 1.65. The number of carbonyl (C=O) groups is 1. The summed E-state index contributed by atoms with van der Waals surface area (Å²) >= 11 is 0. The fourth-order valence-corrected chi connectivity index (χ4v) is 2.93. The second-order valence-corrected chi connectivity index (χ2v) is 6.42. The first-order valence-corrected chi connectivity index (χ1v) is 7.57. The van der Waals surface area contributed by atoms with Crippen LogP contribution in [-0.2, 0) is 0 Å². The predicted molar refractivity (Wildman–Crippen MR) is 81.2 cm³/mol. The lowest BCUT2D eigenvalue weighted by Gasteiger charge is -2.37. The quantitative estimate of drug-likeness (QED) is 0.900. The van der Waals surface area contributed by atoms with Gasteiger partial charge in [0.15, 0.2) is 11.5 Å². The number of rotatable bonds is 3. The number of benzene rings is 1. The van der Waals surface area contributed by atoms with E-state index in [-0.39, 0.29) is 12.7 Å². The van der Waals surface area contributed by atoms with E-state index in [9.17, 15) is 9.90 Å². The second kappa shape index (κ2) is 5.78. The van der Waals surface area contributed by atoms with Crippen LogP contribution < -0.4 is 9.47 Å². The molecule has 0 spiro atoms. The Morgan fingerprint density at radius 2 is 1.95 bits per heavy atom. The van der Waals surface area contributed by atoms with E-state index >= 15 is 0 Å². The molecule has 0 unspecified atom stereocenters. The summed E-state index contributed by atoms with van der Waals surface area (Å²) in [5, 5.41) is 9.88. The zero-order valence-corrected chi connectivity index (χ0v) is 13.0. The summed E-state index contributed by atoms with van der Waals surface area (Å²) in [5.41, 5.74) is -0.150. The molecule has 6 nitrogen and oxygen atoms in total. The van der Waals surface area contributed by atoms with Crippen molar-refractivity contribution in [1.82, 2.24) is 9.80 Å². The molecule has 1 saturated heterocycles. The Hall–Kier alpha value is -1.79. The highest BCUT2D eigenvalue weighted by molar-refractivity contribution is 5.98. The Morgan fingerprint density at radius 1 is 1.23 bits per heavy atom. The number of carbonyl (C=O) groups excluding carboxylic acids is 1. The topological polar surface area (TPSA) is 62.2 Å². The van der Waals surface area contributed by atoms with Crippen molar-refractivity contribution < 1.29 is 19.4 Å². The lowest BCUT2D eigenvalue weighted by Crippen LogP contribution is -2.52. The minimum absolute atomic E-state index is 0.0229. The van der Waals surface area contributed by atoms with E-state index in [1.54, 1.807) is 26.0 Å². The molecular formula is C16H22N2O4. The molecule has 2 heterocycles. The van der Waals surface area contributed by atoms with Gasteiger partial charge >= 0.3 is 0 Å². The summed E-state index contributed by atoms with van der Waals surface area (Å²) in [5.74, 6) is 1.16. The van der Waals surface area contributed by atoms with E-state index in [1.807, 2.05) is 11.0 Å². The van der Waals surface area contributed by atoms with Gasteiger partial charge in [-0.25, -0.2) is 0 Å². The van der Waals surface area contributed by atoms with Crippen molar-refractivity contribution in [1.29, 1.82) is 0 Å². The van der Waals surface area contributed by atoms with Crippen molar-refractivity contribution in [3.8, 4) is 11.5 Å². The number of ether oxygens (including phenoxy) is 2. The average Bonchev–Trinajstić information content (AvgIpc) is 2.94. The van der Waals surface area contributed by atoms with Crippen LogP contribution in [0.15, 0.2) is 18.2 Å². The average molecular weight is 306 g/mol. The minimum Gasteiger partial charge on any atom is -0.454 e. The first kappa shape index (κ1) is 15.1. The molecule has 0 radical (unpaired) electrons. The Labute approximate surface area is 130 Å². The highest BCUT2D eigenvalue weighted by Gasteiger charge is 2.29. The van der Waals surface area contributed by atoms with E-state index in [0.717, 1.165) is 13.1 Å². The van der Waals surface area contributed by atoms with Gasteiger partial charge in [-0.1, -0.05) is 6.07 Å². The maximum Gasteiger partial charge on any atom is 0.257 e. The van der Waals surface area contributed by atoms with Crippen molar-refractivity contribution in [2.24, 2.45) is 0 Å². The summed E-state index contributed by atoms with van der Waals surface area (Å²) < 4.78 is 10.7. The number of hydrogen-bond acceptors (Lipinski definition) is 5. The van der Waals surface area contributed by atoms with Crippen molar-refractivity contribution >= 4 is 5.91 Å². The number of para-hydroxylation sites is 1. The van der Waals surface area contributed by atoms with Crippen LogP contribution in [0.5, 0.6) is 11.5 Å². The molecule has 0 aromatic heterocycles. The molecule has 2 aliphatic heterocycles. The van der Waals surface area contributed by atoms with Gasteiger partial charge < -0.3 is 19.5 Å². The number of fused-ring (bicyclic) bond motifs is 1. The third-order valence-electron chi connectivity index (χ3n) is 3.90. The maximum atomic E-state index is 12.7. The van der Waals surface area contributed by atoms with Gasteiger partial charge in [-0.15, -0.1) is 0 Å². The Kier molecular flexibility index (Phi) is 3.97. The van der Waals surface area contributed by atoms with Crippen LogP contribution >= 0.6 is 0 Å². The van der Waals surface area contributed by atoms with Gasteiger partial charge in [-0.2, -0.15) is 0 Å². The molecule has 0 saturated carbocycles. The molecule has 1 aromatic rings. The minimum atomic E-state index is -0.711. The molecule has 120 valence electrons. The molecule has 1 amide bonds. The van der Waals surface area contributed by atoms with Gasteiger partial charge in [0.2, 0.25) is 6.79 Å². The Morgan fingerprint density at radius 3 is 2.64 bits per heavy atom.